The van der Waals surface area contributed by atoms with Crippen LogP contribution in [0.3, 0.4) is 0 Å². The molecule has 102 valence electrons. The first-order chi connectivity index (χ1) is 7.89. The average Bonchev–Trinajstić information content (AvgIpc) is 2.16. The van der Waals surface area contributed by atoms with Crippen molar-refractivity contribution in [2.24, 2.45) is 0 Å². The molecule has 0 saturated heterocycles. The monoisotopic (exact) mass is 414 g/mol. The van der Waals surface area contributed by atoms with E-state index in [1.54, 1.807) is 0 Å². The number of hydrogen-bond acceptors (Lipinski definition) is 0. The summed E-state index contributed by atoms with van der Waals surface area (Å²) in [6.07, 6.45) is 0. The maximum atomic E-state index is 13.6. The van der Waals surface area contributed by atoms with Gasteiger partial charge in [-0.3, -0.25) is 0 Å². The molecular weight excluding hydrogens is 417 g/mol. The maximum Gasteiger partial charge on any atom is 0.376 e. The molecule has 0 spiro atoms. The lowest BCUT2D eigenvalue weighted by molar-refractivity contribution is 0.415. The second kappa shape index (κ2) is 5.48. The van der Waals surface area contributed by atoms with Crippen LogP contribution in [0.4, 0.5) is 17.6 Å². The van der Waals surface area contributed by atoms with E-state index in [0.717, 1.165) is 0 Å². The molecule has 1 aromatic rings. The Morgan fingerprint density at radius 1 is 0.500 bits per heavy atom. The third-order valence-electron chi connectivity index (χ3n) is 1.83. The van der Waals surface area contributed by atoms with Crippen LogP contribution in [0.25, 0.3) is 0 Å². The molecule has 0 aliphatic carbocycles. The van der Waals surface area contributed by atoms with E-state index in [1.807, 2.05) is 0 Å². The van der Waals surface area contributed by atoms with Crippen molar-refractivity contribution >= 4 is 88.9 Å². The van der Waals surface area contributed by atoms with Crippen LogP contribution in [-0.4, -0.2) is 12.0 Å². The molecule has 0 amide bonds. The smallest absolute Gasteiger partial charge is 0.204 e. The largest absolute Gasteiger partial charge is 0.376 e. The molecule has 12 heteroatoms. The van der Waals surface area contributed by atoms with Gasteiger partial charge in [-0.1, -0.05) is 0 Å². The quantitative estimate of drug-likeness (QED) is 0.225. The van der Waals surface area contributed by atoms with E-state index < -0.39 is 45.6 Å². The molecule has 0 heterocycles. The standard InChI is InChI=1S/C6Cl6F4Si2/c7-17(8,9)5-3(15)1(13)2(14)4(16)6(5)18(10,11)12. The lowest BCUT2D eigenvalue weighted by atomic mass is 10.3. The molecule has 0 fully saturated rings. The van der Waals surface area contributed by atoms with E-state index in [0.29, 0.717) is 0 Å². The molecule has 0 unspecified atom stereocenters. The fourth-order valence-corrected chi connectivity index (χ4v) is 8.41. The van der Waals surface area contributed by atoms with Gasteiger partial charge in [0.05, 0.1) is 0 Å². The van der Waals surface area contributed by atoms with E-state index in [4.69, 9.17) is 66.5 Å². The van der Waals surface area contributed by atoms with Gasteiger partial charge in [0, 0.05) is 10.4 Å². The summed E-state index contributed by atoms with van der Waals surface area (Å²) >= 11 is 32.9. The zero-order valence-corrected chi connectivity index (χ0v) is 14.3. The van der Waals surface area contributed by atoms with E-state index >= 15 is 0 Å². The maximum absolute atomic E-state index is 13.6. The second-order valence-corrected chi connectivity index (χ2v) is 19.7. The third kappa shape index (κ3) is 3.23. The molecule has 0 aliphatic rings. The fraction of sp³-hybridized carbons (Fsp3) is 0. The highest BCUT2D eigenvalue weighted by atomic mass is 35.8. The van der Waals surface area contributed by atoms with Gasteiger partial charge >= 0.3 is 12.0 Å². The molecule has 1 aromatic carbocycles. The van der Waals surface area contributed by atoms with Crippen molar-refractivity contribution in [2.45, 2.75) is 0 Å². The number of rotatable bonds is 2. The molecular formula is C6Cl6F4Si2. The Bertz CT molecular complexity index is 452. The lowest BCUT2D eigenvalue weighted by Crippen LogP contribution is -2.55. The Balaban J connectivity index is 3.89. The van der Waals surface area contributed by atoms with Gasteiger partial charge in [-0.05, 0) is 0 Å². The summed E-state index contributed by atoms with van der Waals surface area (Å²) in [4.78, 5) is 0. The second-order valence-electron chi connectivity index (χ2n) is 3.00. The fourth-order valence-electron chi connectivity index (χ4n) is 1.16. The predicted molar refractivity (Wildman–Crippen MR) is 72.2 cm³/mol. The summed E-state index contributed by atoms with van der Waals surface area (Å²) < 4.78 is 53.3. The number of benzene rings is 1. The van der Waals surface area contributed by atoms with Gasteiger partial charge in [0.15, 0.2) is 23.3 Å². The van der Waals surface area contributed by atoms with Gasteiger partial charge < -0.3 is 0 Å². The predicted octanol–water partition coefficient (Wildman–Crippen LogP) is 3.97. The van der Waals surface area contributed by atoms with Crippen molar-refractivity contribution < 1.29 is 17.6 Å². The summed E-state index contributed by atoms with van der Waals surface area (Å²) in [6, 6.07) is -8.28. The Morgan fingerprint density at radius 2 is 0.722 bits per heavy atom. The highest BCUT2D eigenvalue weighted by molar-refractivity contribution is 7.73. The van der Waals surface area contributed by atoms with Crippen molar-refractivity contribution in [3.63, 3.8) is 0 Å². The van der Waals surface area contributed by atoms with Crippen LogP contribution in [0.2, 0.25) is 0 Å². The first-order valence-electron chi connectivity index (χ1n) is 3.89. The molecule has 0 aromatic heterocycles. The van der Waals surface area contributed by atoms with Gasteiger partial charge in [0.1, 0.15) is 0 Å². The minimum atomic E-state index is -4.14. The van der Waals surface area contributed by atoms with Gasteiger partial charge in [-0.25, -0.2) is 17.6 Å². The Hall–Kier alpha value is 1.11. The summed E-state index contributed by atoms with van der Waals surface area (Å²) in [5.41, 5.74) is 0. The summed E-state index contributed by atoms with van der Waals surface area (Å²) in [7, 11) is 0. The molecule has 1 rings (SSSR count). The molecule has 0 saturated carbocycles. The van der Waals surface area contributed by atoms with Gasteiger partial charge in [0.2, 0.25) is 0 Å². The van der Waals surface area contributed by atoms with Crippen LogP contribution in [0, 0.1) is 23.3 Å². The summed E-state index contributed by atoms with van der Waals surface area (Å²) in [6.45, 7) is 0. The van der Waals surface area contributed by atoms with Crippen molar-refractivity contribution in [3.8, 4) is 0 Å². The van der Waals surface area contributed by atoms with Crippen LogP contribution < -0.4 is 10.4 Å². The van der Waals surface area contributed by atoms with Crippen LogP contribution >= 0.6 is 66.5 Å². The molecule has 0 bridgehead atoms. The highest BCUT2D eigenvalue weighted by Gasteiger charge is 2.47. The average molecular weight is 417 g/mol. The molecule has 0 atom stereocenters. The number of halogens is 10. The van der Waals surface area contributed by atoms with Gasteiger partial charge in [-0.2, -0.15) is 0 Å². The molecule has 18 heavy (non-hydrogen) atoms. The van der Waals surface area contributed by atoms with E-state index in [9.17, 15) is 17.6 Å². The van der Waals surface area contributed by atoms with E-state index in [-0.39, 0.29) is 0 Å². The van der Waals surface area contributed by atoms with Crippen molar-refractivity contribution in [1.29, 1.82) is 0 Å². The minimum absolute atomic E-state index is 1.00. The van der Waals surface area contributed by atoms with Gasteiger partial charge in [0.25, 0.3) is 0 Å². The number of hydrogen-bond donors (Lipinski definition) is 0. The van der Waals surface area contributed by atoms with Crippen molar-refractivity contribution in [3.05, 3.63) is 23.3 Å². The topological polar surface area (TPSA) is 0 Å². The van der Waals surface area contributed by atoms with Crippen molar-refractivity contribution in [2.75, 3.05) is 0 Å². The summed E-state index contributed by atoms with van der Waals surface area (Å²) in [5.74, 6) is -7.94. The van der Waals surface area contributed by atoms with Gasteiger partial charge in [-0.15, -0.1) is 66.5 Å². The first-order valence-corrected chi connectivity index (χ1v) is 14.0. The van der Waals surface area contributed by atoms with Crippen LogP contribution in [-0.2, 0) is 0 Å². The summed E-state index contributed by atoms with van der Waals surface area (Å²) in [5, 5.41) is -2.01. The normalized spacial score (nSPS) is 13.0. The molecule has 0 aliphatic heterocycles. The lowest BCUT2D eigenvalue weighted by Gasteiger charge is -2.20. The SMILES string of the molecule is Fc1c(F)c(F)c([Si](Cl)(Cl)Cl)c([Si](Cl)(Cl)Cl)c1F. The Labute approximate surface area is 129 Å². The van der Waals surface area contributed by atoms with Crippen molar-refractivity contribution in [1.82, 2.24) is 0 Å². The van der Waals surface area contributed by atoms with E-state index in [2.05, 4.69) is 0 Å². The zero-order valence-electron chi connectivity index (χ0n) is 7.78. The van der Waals surface area contributed by atoms with Crippen LogP contribution in [0.15, 0.2) is 0 Å². The molecule has 0 nitrogen and oxygen atoms in total. The van der Waals surface area contributed by atoms with E-state index in [1.165, 1.54) is 0 Å². The Morgan fingerprint density at radius 3 is 0.889 bits per heavy atom. The van der Waals surface area contributed by atoms with Crippen LogP contribution in [0.1, 0.15) is 0 Å². The zero-order chi connectivity index (χ0) is 14.5. The third-order valence-corrected chi connectivity index (χ3v) is 7.56. The van der Waals surface area contributed by atoms with Crippen LogP contribution in [0.5, 0.6) is 0 Å². The molecule has 0 radical (unpaired) electrons. The minimum Gasteiger partial charge on any atom is -0.204 e. The Kier molecular flexibility index (Phi) is 5.23. The first kappa shape index (κ1) is 17.2. The molecule has 0 N–H and O–H groups in total. The highest BCUT2D eigenvalue weighted by Crippen LogP contribution is 2.28.